The number of nitrogens with zero attached hydrogens (tertiary/aromatic N) is 1. The van der Waals surface area contributed by atoms with Gasteiger partial charge in [-0.25, -0.2) is 13.4 Å². The van der Waals surface area contributed by atoms with E-state index in [4.69, 9.17) is 4.42 Å². The first kappa shape index (κ1) is 16.2. The second kappa shape index (κ2) is 6.69. The van der Waals surface area contributed by atoms with Crippen molar-refractivity contribution in [1.82, 2.24) is 15.0 Å². The molecule has 0 saturated heterocycles. The number of hydrogen-bond acceptors (Lipinski definition) is 6. The Morgan fingerprint density at radius 3 is 2.86 bits per heavy atom. The highest BCUT2D eigenvalue weighted by molar-refractivity contribution is 7.91. The summed E-state index contributed by atoms with van der Waals surface area (Å²) in [5.74, 6) is 1.01. The van der Waals surface area contributed by atoms with E-state index < -0.39 is 16.1 Å². The van der Waals surface area contributed by atoms with Crippen LogP contribution in [0.15, 0.2) is 26.3 Å². The lowest BCUT2D eigenvalue weighted by atomic mass is 10.3. The minimum absolute atomic E-state index is 0.297. The van der Waals surface area contributed by atoms with Gasteiger partial charge < -0.3 is 9.73 Å². The van der Waals surface area contributed by atoms with Crippen molar-refractivity contribution in [3.63, 3.8) is 0 Å². The SMILES string of the molecule is CCNCc1csc(S(=O)(=O)NC(C)c2ncc(C)o2)c1. The molecule has 116 valence electrons. The van der Waals surface area contributed by atoms with Gasteiger partial charge in [0.25, 0.3) is 10.0 Å². The molecule has 0 aliphatic heterocycles. The topological polar surface area (TPSA) is 84.2 Å². The molecule has 0 bridgehead atoms. The summed E-state index contributed by atoms with van der Waals surface area (Å²) in [6.45, 7) is 6.99. The van der Waals surface area contributed by atoms with Crippen LogP contribution in [0.4, 0.5) is 0 Å². The molecule has 0 radical (unpaired) electrons. The zero-order chi connectivity index (χ0) is 15.5. The van der Waals surface area contributed by atoms with Gasteiger partial charge in [-0.1, -0.05) is 6.92 Å². The molecule has 6 nitrogen and oxygen atoms in total. The van der Waals surface area contributed by atoms with Crippen LogP contribution in [0.3, 0.4) is 0 Å². The minimum Gasteiger partial charge on any atom is -0.444 e. The van der Waals surface area contributed by atoms with Gasteiger partial charge in [-0.2, -0.15) is 4.72 Å². The molecule has 2 N–H and O–H groups in total. The number of oxazole rings is 1. The van der Waals surface area contributed by atoms with Gasteiger partial charge in [0, 0.05) is 6.54 Å². The summed E-state index contributed by atoms with van der Waals surface area (Å²) in [7, 11) is -3.56. The van der Waals surface area contributed by atoms with Crippen LogP contribution < -0.4 is 10.0 Å². The summed E-state index contributed by atoms with van der Waals surface area (Å²) >= 11 is 1.21. The summed E-state index contributed by atoms with van der Waals surface area (Å²) in [5.41, 5.74) is 0.960. The molecule has 0 fully saturated rings. The molecule has 0 aliphatic rings. The van der Waals surface area contributed by atoms with Crippen LogP contribution in [0, 0.1) is 6.92 Å². The second-order valence-electron chi connectivity index (χ2n) is 4.71. The van der Waals surface area contributed by atoms with Gasteiger partial charge in [-0.3, -0.25) is 0 Å². The van der Waals surface area contributed by atoms with E-state index in [1.165, 1.54) is 11.3 Å². The highest BCUT2D eigenvalue weighted by Gasteiger charge is 2.22. The normalized spacial score (nSPS) is 13.5. The minimum atomic E-state index is -3.56. The maximum absolute atomic E-state index is 12.3. The molecule has 1 atom stereocenters. The fraction of sp³-hybridized carbons (Fsp3) is 0.462. The van der Waals surface area contributed by atoms with Crippen molar-refractivity contribution >= 4 is 21.4 Å². The fourth-order valence-electron chi connectivity index (χ4n) is 1.77. The number of thiophene rings is 1. The first-order chi connectivity index (χ1) is 9.92. The standard InChI is InChI=1S/C13H19N3O3S2/c1-4-14-7-11-5-12(20-8-11)21(17,18)16-10(3)13-15-6-9(2)19-13/h5-6,8,10,14,16H,4,7H2,1-3H3. The van der Waals surface area contributed by atoms with Gasteiger partial charge in [-0.15, -0.1) is 11.3 Å². The van der Waals surface area contributed by atoms with Crippen molar-refractivity contribution in [3.05, 3.63) is 34.9 Å². The van der Waals surface area contributed by atoms with Crippen molar-refractivity contribution < 1.29 is 12.8 Å². The zero-order valence-corrected chi connectivity index (χ0v) is 13.8. The van der Waals surface area contributed by atoms with Crippen LogP contribution in [0.1, 0.15) is 37.1 Å². The van der Waals surface area contributed by atoms with Crippen molar-refractivity contribution in [2.45, 2.75) is 37.6 Å². The van der Waals surface area contributed by atoms with Gasteiger partial charge in [0.05, 0.1) is 12.2 Å². The molecule has 0 amide bonds. The third-order valence-corrected chi connectivity index (χ3v) is 5.84. The van der Waals surface area contributed by atoms with Crippen molar-refractivity contribution in [3.8, 4) is 0 Å². The maximum atomic E-state index is 12.3. The van der Waals surface area contributed by atoms with E-state index in [2.05, 4.69) is 15.0 Å². The number of nitrogens with one attached hydrogen (secondary N) is 2. The van der Waals surface area contributed by atoms with Crippen LogP contribution in [0.5, 0.6) is 0 Å². The number of aromatic nitrogens is 1. The van der Waals surface area contributed by atoms with Crippen LogP contribution in [0.2, 0.25) is 0 Å². The van der Waals surface area contributed by atoms with E-state index in [-0.39, 0.29) is 0 Å². The molecule has 1 unspecified atom stereocenters. The molecule has 2 aromatic rings. The van der Waals surface area contributed by atoms with E-state index in [9.17, 15) is 8.42 Å². The van der Waals surface area contributed by atoms with Crippen molar-refractivity contribution in [2.24, 2.45) is 0 Å². The predicted octanol–water partition coefficient (Wildman–Crippen LogP) is 2.19. The van der Waals surface area contributed by atoms with Gasteiger partial charge in [0.15, 0.2) is 0 Å². The van der Waals surface area contributed by atoms with E-state index in [0.29, 0.717) is 22.4 Å². The van der Waals surface area contributed by atoms with Crippen molar-refractivity contribution in [1.29, 1.82) is 0 Å². The average Bonchev–Trinajstić information content (AvgIpc) is 3.05. The highest BCUT2D eigenvalue weighted by Crippen LogP contribution is 2.22. The predicted molar refractivity (Wildman–Crippen MR) is 81.7 cm³/mol. The van der Waals surface area contributed by atoms with Gasteiger partial charge >= 0.3 is 0 Å². The Kier molecular flexibility index (Phi) is 5.15. The number of rotatable bonds is 7. The monoisotopic (exact) mass is 329 g/mol. The van der Waals surface area contributed by atoms with Crippen LogP contribution >= 0.6 is 11.3 Å². The lowest BCUT2D eigenvalue weighted by Gasteiger charge is -2.09. The van der Waals surface area contributed by atoms with E-state index in [1.807, 2.05) is 12.3 Å². The molecule has 2 heterocycles. The Hall–Kier alpha value is -1.22. The van der Waals surface area contributed by atoms with Gasteiger partial charge in [0.1, 0.15) is 9.97 Å². The summed E-state index contributed by atoms with van der Waals surface area (Å²) in [5, 5.41) is 5.01. The lowest BCUT2D eigenvalue weighted by Crippen LogP contribution is -2.26. The number of aryl methyl sites for hydroxylation is 1. The van der Waals surface area contributed by atoms with Crippen LogP contribution in [0.25, 0.3) is 0 Å². The van der Waals surface area contributed by atoms with Gasteiger partial charge in [-0.05, 0) is 37.4 Å². The molecule has 0 saturated carbocycles. The van der Waals surface area contributed by atoms with Gasteiger partial charge in [0.2, 0.25) is 5.89 Å². The third-order valence-electron chi connectivity index (χ3n) is 2.82. The van der Waals surface area contributed by atoms with Crippen LogP contribution in [-0.2, 0) is 16.6 Å². The first-order valence-electron chi connectivity index (χ1n) is 6.65. The Morgan fingerprint density at radius 2 is 2.24 bits per heavy atom. The molecule has 21 heavy (non-hydrogen) atoms. The smallest absolute Gasteiger partial charge is 0.250 e. The molecule has 0 aliphatic carbocycles. The molecular formula is C13H19N3O3S2. The molecule has 2 aromatic heterocycles. The quantitative estimate of drug-likeness (QED) is 0.813. The molecular weight excluding hydrogens is 310 g/mol. The van der Waals surface area contributed by atoms with Crippen molar-refractivity contribution in [2.75, 3.05) is 6.54 Å². The molecule has 0 aromatic carbocycles. The lowest BCUT2D eigenvalue weighted by molar-refractivity contribution is 0.428. The Balaban J connectivity index is 2.09. The van der Waals surface area contributed by atoms with E-state index in [1.54, 1.807) is 26.1 Å². The van der Waals surface area contributed by atoms with E-state index in [0.717, 1.165) is 12.1 Å². The number of sulfonamides is 1. The fourth-order valence-corrected chi connectivity index (χ4v) is 4.19. The average molecular weight is 329 g/mol. The number of hydrogen-bond donors (Lipinski definition) is 2. The summed E-state index contributed by atoms with van der Waals surface area (Å²) in [6, 6.07) is 1.17. The summed E-state index contributed by atoms with van der Waals surface area (Å²) in [6.07, 6.45) is 1.57. The first-order valence-corrected chi connectivity index (χ1v) is 9.01. The Morgan fingerprint density at radius 1 is 1.48 bits per heavy atom. The summed E-state index contributed by atoms with van der Waals surface area (Å²) < 4.78 is 32.9. The highest BCUT2D eigenvalue weighted by atomic mass is 32.2. The second-order valence-corrected chi connectivity index (χ2v) is 7.56. The third kappa shape index (κ3) is 4.13. The zero-order valence-electron chi connectivity index (χ0n) is 12.2. The molecule has 2 rings (SSSR count). The largest absolute Gasteiger partial charge is 0.444 e. The Labute approximate surface area is 128 Å². The molecule has 8 heteroatoms. The molecule has 0 spiro atoms. The summed E-state index contributed by atoms with van der Waals surface area (Å²) in [4.78, 5) is 4.04. The Bertz CT molecular complexity index is 691. The maximum Gasteiger partial charge on any atom is 0.250 e. The van der Waals surface area contributed by atoms with E-state index >= 15 is 0 Å². The van der Waals surface area contributed by atoms with Crippen LogP contribution in [-0.4, -0.2) is 19.9 Å².